The van der Waals surface area contributed by atoms with Gasteiger partial charge in [-0.2, -0.15) is 0 Å². The summed E-state index contributed by atoms with van der Waals surface area (Å²) in [5.41, 5.74) is 0.357. The Kier molecular flexibility index (Phi) is 6.00. The van der Waals surface area contributed by atoms with Crippen molar-refractivity contribution < 1.29 is 23.9 Å². The molecule has 29 heavy (non-hydrogen) atoms. The highest BCUT2D eigenvalue weighted by Crippen LogP contribution is 2.32. The molecule has 0 aromatic heterocycles. The highest BCUT2D eigenvalue weighted by molar-refractivity contribution is 6.02. The van der Waals surface area contributed by atoms with E-state index < -0.39 is 17.7 Å². The largest absolute Gasteiger partial charge is 0.489 e. The molecule has 2 aliphatic rings. The van der Waals surface area contributed by atoms with Gasteiger partial charge in [0, 0.05) is 25.7 Å². The van der Waals surface area contributed by atoms with Gasteiger partial charge in [-0.15, -0.1) is 0 Å². The fourth-order valence-electron chi connectivity index (χ4n) is 3.46. The Hall–Kier alpha value is -2.77. The van der Waals surface area contributed by atoms with E-state index in [1.54, 1.807) is 46.0 Å². The lowest BCUT2D eigenvalue weighted by molar-refractivity contribution is -0.120. The quantitative estimate of drug-likeness (QED) is 0.820. The van der Waals surface area contributed by atoms with E-state index >= 15 is 0 Å². The lowest BCUT2D eigenvalue weighted by atomic mass is 10.1. The highest BCUT2D eigenvalue weighted by atomic mass is 16.6. The molecule has 0 aliphatic carbocycles. The average molecular weight is 403 g/mol. The number of carbonyl (C=O) groups is 3. The molecular formula is C21H29N3O5. The third-order valence-electron chi connectivity index (χ3n) is 4.94. The van der Waals surface area contributed by atoms with Crippen LogP contribution in [0.5, 0.6) is 5.75 Å². The van der Waals surface area contributed by atoms with E-state index in [4.69, 9.17) is 9.47 Å². The van der Waals surface area contributed by atoms with Crippen molar-refractivity contribution in [3.05, 3.63) is 23.8 Å². The van der Waals surface area contributed by atoms with Crippen LogP contribution in [0.3, 0.4) is 0 Å². The molecule has 1 fully saturated rings. The van der Waals surface area contributed by atoms with Gasteiger partial charge < -0.3 is 24.6 Å². The van der Waals surface area contributed by atoms with Gasteiger partial charge in [0.05, 0.1) is 5.69 Å². The monoisotopic (exact) mass is 403 g/mol. The van der Waals surface area contributed by atoms with Crippen LogP contribution in [0.1, 0.15) is 50.4 Å². The molecule has 2 heterocycles. The third kappa shape index (κ3) is 4.99. The van der Waals surface area contributed by atoms with Gasteiger partial charge in [-0.1, -0.05) is 0 Å². The molecule has 1 atom stereocenters. The number of hydrogen-bond donors (Lipinski definition) is 1. The predicted molar refractivity (Wildman–Crippen MR) is 108 cm³/mol. The number of nitrogens with one attached hydrogen (secondary N) is 1. The van der Waals surface area contributed by atoms with Gasteiger partial charge in [-0.25, -0.2) is 4.79 Å². The van der Waals surface area contributed by atoms with Gasteiger partial charge in [-0.05, 0) is 58.2 Å². The zero-order valence-corrected chi connectivity index (χ0v) is 17.5. The van der Waals surface area contributed by atoms with Gasteiger partial charge in [-0.3, -0.25) is 9.59 Å². The van der Waals surface area contributed by atoms with Crippen molar-refractivity contribution in [1.82, 2.24) is 10.2 Å². The molecule has 2 aliphatic heterocycles. The van der Waals surface area contributed by atoms with Crippen LogP contribution in [0.4, 0.5) is 10.5 Å². The van der Waals surface area contributed by atoms with Gasteiger partial charge in [0.1, 0.15) is 24.0 Å². The first-order valence-corrected chi connectivity index (χ1v) is 9.99. The van der Waals surface area contributed by atoms with E-state index in [1.165, 1.54) is 4.90 Å². The Morgan fingerprint density at radius 2 is 1.86 bits per heavy atom. The number of benzene rings is 1. The number of fused-ring (bicyclic) bond motifs is 1. The first-order valence-electron chi connectivity index (χ1n) is 9.99. The lowest BCUT2D eigenvalue weighted by Crippen LogP contribution is -2.50. The van der Waals surface area contributed by atoms with E-state index in [1.807, 2.05) is 4.90 Å². The lowest BCUT2D eigenvalue weighted by Gasteiger charge is -2.27. The van der Waals surface area contributed by atoms with Crippen LogP contribution >= 0.6 is 0 Å². The van der Waals surface area contributed by atoms with E-state index in [2.05, 4.69) is 5.32 Å². The molecule has 3 rings (SSSR count). The summed E-state index contributed by atoms with van der Waals surface area (Å²) >= 11 is 0. The van der Waals surface area contributed by atoms with Crippen molar-refractivity contribution in [2.75, 3.05) is 31.6 Å². The Balaban J connectivity index is 1.76. The molecule has 0 saturated carbocycles. The molecule has 0 unspecified atom stereocenters. The number of anilines is 1. The molecule has 0 radical (unpaired) electrons. The van der Waals surface area contributed by atoms with Crippen LogP contribution in [0.25, 0.3) is 0 Å². The SMILES string of the molecule is CN1C(=O)[C@@H](NC(=O)OC(C)(C)C)COc2ccc(C(=O)N3CCCCC3)cc21. The van der Waals surface area contributed by atoms with E-state index in [-0.39, 0.29) is 18.4 Å². The van der Waals surface area contributed by atoms with Gasteiger partial charge in [0.15, 0.2) is 0 Å². The average Bonchev–Trinajstić information content (AvgIpc) is 2.78. The summed E-state index contributed by atoms with van der Waals surface area (Å²) in [4.78, 5) is 41.0. The number of nitrogens with zero attached hydrogens (tertiary/aromatic N) is 2. The molecule has 1 saturated heterocycles. The second-order valence-corrected chi connectivity index (χ2v) is 8.44. The molecular weight excluding hydrogens is 374 g/mol. The molecule has 158 valence electrons. The first-order chi connectivity index (χ1) is 13.7. The number of ether oxygens (including phenoxy) is 2. The van der Waals surface area contributed by atoms with Crippen molar-refractivity contribution in [2.45, 2.75) is 51.7 Å². The normalized spacial score (nSPS) is 19.7. The fourth-order valence-corrected chi connectivity index (χ4v) is 3.46. The number of likely N-dealkylation sites (N-methyl/N-ethyl adjacent to an activating group) is 1. The summed E-state index contributed by atoms with van der Waals surface area (Å²) in [7, 11) is 1.61. The first kappa shape index (κ1) is 21.0. The molecule has 0 spiro atoms. The number of alkyl carbamates (subject to hydrolysis) is 1. The Morgan fingerprint density at radius 3 is 2.52 bits per heavy atom. The van der Waals surface area contributed by atoms with Crippen molar-refractivity contribution >= 4 is 23.6 Å². The summed E-state index contributed by atoms with van der Waals surface area (Å²) in [6, 6.07) is 4.21. The van der Waals surface area contributed by atoms with Gasteiger partial charge >= 0.3 is 6.09 Å². The maximum Gasteiger partial charge on any atom is 0.408 e. The minimum Gasteiger partial charge on any atom is -0.489 e. The van der Waals surface area contributed by atoms with Crippen LogP contribution in [-0.4, -0.2) is 61.2 Å². The van der Waals surface area contributed by atoms with Crippen LogP contribution in [-0.2, 0) is 9.53 Å². The van der Waals surface area contributed by atoms with Crippen molar-refractivity contribution in [3.8, 4) is 5.75 Å². The van der Waals surface area contributed by atoms with Crippen molar-refractivity contribution in [3.63, 3.8) is 0 Å². The molecule has 1 aromatic carbocycles. The summed E-state index contributed by atoms with van der Waals surface area (Å²) < 4.78 is 11.0. The standard InChI is InChI=1S/C21H29N3O5/c1-21(2,3)29-20(27)22-15-13-28-17-9-8-14(12-16(17)23(4)19(15)26)18(25)24-10-6-5-7-11-24/h8-9,12,15H,5-7,10-11,13H2,1-4H3,(H,22,27)/t15-/m0/s1. The topological polar surface area (TPSA) is 88.2 Å². The zero-order valence-electron chi connectivity index (χ0n) is 17.5. The van der Waals surface area contributed by atoms with E-state index in [0.717, 1.165) is 32.4 Å². The van der Waals surface area contributed by atoms with Crippen molar-refractivity contribution in [1.29, 1.82) is 0 Å². The Morgan fingerprint density at radius 1 is 1.17 bits per heavy atom. The minimum absolute atomic E-state index is 0.0190. The molecule has 1 aromatic rings. The maximum absolute atomic E-state index is 12.9. The van der Waals surface area contributed by atoms with Crippen molar-refractivity contribution in [2.24, 2.45) is 0 Å². The fraction of sp³-hybridized carbons (Fsp3) is 0.571. The van der Waals surface area contributed by atoms with E-state index in [9.17, 15) is 14.4 Å². The smallest absolute Gasteiger partial charge is 0.408 e. The highest BCUT2D eigenvalue weighted by Gasteiger charge is 2.32. The summed E-state index contributed by atoms with van der Waals surface area (Å²) in [6.45, 7) is 6.74. The molecule has 0 bridgehead atoms. The predicted octanol–water partition coefficient (Wildman–Crippen LogP) is 2.56. The molecule has 8 nitrogen and oxygen atoms in total. The summed E-state index contributed by atoms with van der Waals surface area (Å²) in [5, 5.41) is 2.57. The van der Waals surface area contributed by atoms with Crippen LogP contribution < -0.4 is 15.0 Å². The number of hydrogen-bond acceptors (Lipinski definition) is 5. The number of rotatable bonds is 2. The second-order valence-electron chi connectivity index (χ2n) is 8.44. The number of likely N-dealkylation sites (tertiary alicyclic amines) is 1. The Labute approximate surface area is 171 Å². The molecule has 3 amide bonds. The number of amides is 3. The maximum atomic E-state index is 12.9. The summed E-state index contributed by atoms with van der Waals surface area (Å²) in [5.74, 6) is 0.114. The van der Waals surface area contributed by atoms with E-state index in [0.29, 0.717) is 17.0 Å². The third-order valence-corrected chi connectivity index (χ3v) is 4.94. The van der Waals surface area contributed by atoms with Crippen LogP contribution in [0, 0.1) is 0 Å². The number of piperidine rings is 1. The number of carbonyl (C=O) groups excluding carboxylic acids is 3. The molecule has 1 N–H and O–H groups in total. The van der Waals surface area contributed by atoms with Gasteiger partial charge in [0.25, 0.3) is 11.8 Å². The second kappa shape index (κ2) is 8.31. The van der Waals surface area contributed by atoms with Crippen LogP contribution in [0.2, 0.25) is 0 Å². The summed E-state index contributed by atoms with van der Waals surface area (Å²) in [6.07, 6.45) is 2.48. The van der Waals surface area contributed by atoms with Crippen LogP contribution in [0.15, 0.2) is 18.2 Å². The molecule has 8 heteroatoms. The zero-order chi connectivity index (χ0) is 21.2. The van der Waals surface area contributed by atoms with Gasteiger partial charge in [0.2, 0.25) is 0 Å². The minimum atomic E-state index is -0.886. The Bertz CT molecular complexity index is 796.